The van der Waals surface area contributed by atoms with Crippen LogP contribution in [0.1, 0.15) is 20.3 Å². The largest absolute Gasteiger partial charge is 0.384 e. The summed E-state index contributed by atoms with van der Waals surface area (Å²) in [7, 11) is -3.88. The average Bonchev–Trinajstić information content (AvgIpc) is 2.90. The van der Waals surface area contributed by atoms with Gasteiger partial charge in [0.05, 0.1) is 23.6 Å². The van der Waals surface area contributed by atoms with Crippen molar-refractivity contribution in [1.29, 1.82) is 0 Å². The highest BCUT2D eigenvalue weighted by Gasteiger charge is 2.17. The van der Waals surface area contributed by atoms with Crippen molar-refractivity contribution in [2.45, 2.75) is 20.3 Å². The fourth-order valence-electron chi connectivity index (χ4n) is 3.49. The predicted octanol–water partition coefficient (Wildman–Crippen LogP) is 4.81. The summed E-state index contributed by atoms with van der Waals surface area (Å²) in [6.45, 7) is 4.89. The topological polar surface area (TPSA) is 146 Å². The van der Waals surface area contributed by atoms with E-state index in [9.17, 15) is 12.8 Å². The second-order valence-corrected chi connectivity index (χ2v) is 9.89. The zero-order valence-corrected chi connectivity index (χ0v) is 21.9. The van der Waals surface area contributed by atoms with Crippen molar-refractivity contribution in [3.63, 3.8) is 0 Å². The molecule has 0 amide bonds. The maximum atomic E-state index is 15.1. The van der Waals surface area contributed by atoms with Gasteiger partial charge in [0.25, 0.3) is 0 Å². The summed E-state index contributed by atoms with van der Waals surface area (Å²) in [5.74, 6) is -0.271. The fourth-order valence-corrected chi connectivity index (χ4v) is 4.57. The van der Waals surface area contributed by atoms with E-state index in [1.165, 1.54) is 18.2 Å². The number of ether oxygens (including phenoxy) is 1. The van der Waals surface area contributed by atoms with Gasteiger partial charge in [-0.1, -0.05) is 18.2 Å². The third-order valence-corrected chi connectivity index (χ3v) is 6.66. The van der Waals surface area contributed by atoms with Crippen molar-refractivity contribution in [1.82, 2.24) is 15.0 Å². The molecule has 0 fully saturated rings. The molecule has 0 radical (unpaired) electrons. The van der Waals surface area contributed by atoms with Crippen molar-refractivity contribution in [2.75, 3.05) is 41.8 Å². The zero-order valence-electron chi connectivity index (χ0n) is 21.1. The van der Waals surface area contributed by atoms with Crippen LogP contribution in [0.2, 0.25) is 0 Å². The molecule has 0 unspecified atom stereocenters. The van der Waals surface area contributed by atoms with Gasteiger partial charge in [0.1, 0.15) is 11.6 Å². The Hall–Kier alpha value is -3.90. The molecule has 4 aromatic rings. The van der Waals surface area contributed by atoms with Crippen molar-refractivity contribution in [3.8, 4) is 22.5 Å². The first-order valence-electron chi connectivity index (χ1n) is 11.9. The summed E-state index contributed by atoms with van der Waals surface area (Å²) >= 11 is 0. The maximum Gasteiger partial charge on any atom is 0.232 e. The van der Waals surface area contributed by atoms with E-state index >= 15 is 4.39 Å². The molecule has 5 N–H and O–H groups in total. The van der Waals surface area contributed by atoms with Crippen molar-refractivity contribution >= 4 is 38.2 Å². The van der Waals surface area contributed by atoms with E-state index in [-0.39, 0.29) is 23.5 Å². The molecule has 0 saturated carbocycles. The van der Waals surface area contributed by atoms with Gasteiger partial charge in [0, 0.05) is 35.9 Å². The highest BCUT2D eigenvalue weighted by molar-refractivity contribution is 7.92. The van der Waals surface area contributed by atoms with Crippen LogP contribution in [-0.4, -0.2) is 49.0 Å². The number of nitrogen functional groups attached to an aromatic ring is 2. The molecular formula is C26H30F2N6O3S. The minimum absolute atomic E-state index is 0.161. The third-order valence-electron chi connectivity index (χ3n) is 5.30. The van der Waals surface area contributed by atoms with Gasteiger partial charge < -0.3 is 16.2 Å². The zero-order chi connectivity index (χ0) is 27.7. The van der Waals surface area contributed by atoms with Crippen LogP contribution in [0, 0.1) is 5.82 Å². The smallest absolute Gasteiger partial charge is 0.232 e. The predicted molar refractivity (Wildman–Crippen MR) is 147 cm³/mol. The molecule has 0 aliphatic carbocycles. The second-order valence-electron chi connectivity index (χ2n) is 8.05. The summed E-state index contributed by atoms with van der Waals surface area (Å²) in [4.78, 5) is 12.8. The number of anilines is 3. The molecule has 2 aromatic heterocycles. The Morgan fingerprint density at radius 2 is 1.74 bits per heavy atom. The van der Waals surface area contributed by atoms with Crippen LogP contribution >= 0.6 is 0 Å². The van der Waals surface area contributed by atoms with Crippen LogP contribution in [0.3, 0.4) is 0 Å². The summed E-state index contributed by atoms with van der Waals surface area (Å²) in [5, 5.41) is 0.507. The van der Waals surface area contributed by atoms with E-state index in [1.54, 1.807) is 36.5 Å². The molecule has 0 saturated heterocycles. The lowest BCUT2D eigenvalue weighted by Gasteiger charge is -2.12. The lowest BCUT2D eigenvalue weighted by atomic mass is 10.0. The molecule has 2 aromatic carbocycles. The van der Waals surface area contributed by atoms with E-state index in [0.717, 1.165) is 13.2 Å². The van der Waals surface area contributed by atoms with Gasteiger partial charge in [0.15, 0.2) is 11.6 Å². The summed E-state index contributed by atoms with van der Waals surface area (Å²) < 4.78 is 58.6. The number of alkyl halides is 1. The van der Waals surface area contributed by atoms with Gasteiger partial charge in [-0.25, -0.2) is 27.8 Å². The number of aromatic nitrogens is 3. The summed E-state index contributed by atoms with van der Waals surface area (Å²) in [6, 6.07) is 12.7. The van der Waals surface area contributed by atoms with Gasteiger partial charge in [-0.15, -0.1) is 0 Å². The number of sulfonamides is 1. The molecule has 0 atom stereocenters. The van der Waals surface area contributed by atoms with Crippen LogP contribution in [0.5, 0.6) is 0 Å². The molecule has 38 heavy (non-hydrogen) atoms. The van der Waals surface area contributed by atoms with Gasteiger partial charge in [-0.05, 0) is 56.2 Å². The minimum Gasteiger partial charge on any atom is -0.384 e. The highest BCUT2D eigenvalue weighted by atomic mass is 32.2. The normalized spacial score (nSPS) is 11.2. The lowest BCUT2D eigenvalue weighted by Crippen LogP contribution is -2.18. The molecule has 0 bridgehead atoms. The van der Waals surface area contributed by atoms with Gasteiger partial charge >= 0.3 is 0 Å². The van der Waals surface area contributed by atoms with Crippen LogP contribution in [0.25, 0.3) is 33.4 Å². The molecule has 0 aliphatic heterocycles. The standard InChI is InChI=1S/C22H20F2N6O2S.C4H10O/c23-9-2-10-33(31,32)30-18-4-1-3-15(20(18)24)13-5-7-17-16(11-13)21(26)29-22(28-17)14-6-8-19(25)27-12-14;1-3-5-4-2/h1,3-8,11-12,30H,2,9-10H2,(H2,25,27)(H2,26,28,29);3-4H2,1-2H3. The Balaban J connectivity index is 0.000000732. The number of nitrogens with two attached hydrogens (primary N) is 2. The first-order valence-corrected chi connectivity index (χ1v) is 13.6. The van der Waals surface area contributed by atoms with Crippen LogP contribution in [0.15, 0.2) is 54.7 Å². The maximum absolute atomic E-state index is 15.1. The number of pyridine rings is 1. The van der Waals surface area contributed by atoms with Gasteiger partial charge in [-0.3, -0.25) is 9.11 Å². The Kier molecular flexibility index (Phi) is 9.85. The Morgan fingerprint density at radius 1 is 1.00 bits per heavy atom. The highest BCUT2D eigenvalue weighted by Crippen LogP contribution is 2.32. The third kappa shape index (κ3) is 7.33. The minimum atomic E-state index is -3.88. The van der Waals surface area contributed by atoms with E-state index in [0.29, 0.717) is 33.7 Å². The quantitative estimate of drug-likeness (QED) is 0.272. The number of hydrogen-bond donors (Lipinski definition) is 3. The van der Waals surface area contributed by atoms with Crippen LogP contribution in [-0.2, 0) is 14.8 Å². The molecule has 9 nitrogen and oxygen atoms in total. The second kappa shape index (κ2) is 13.1. The van der Waals surface area contributed by atoms with Crippen LogP contribution < -0.4 is 16.2 Å². The Morgan fingerprint density at radius 3 is 2.37 bits per heavy atom. The van der Waals surface area contributed by atoms with E-state index in [1.807, 2.05) is 13.8 Å². The monoisotopic (exact) mass is 544 g/mol. The first kappa shape index (κ1) is 28.7. The molecule has 12 heteroatoms. The average molecular weight is 545 g/mol. The Bertz CT molecular complexity index is 1480. The number of halogens is 2. The number of nitrogens with zero attached hydrogens (tertiary/aromatic N) is 3. The number of fused-ring (bicyclic) bond motifs is 1. The molecule has 2 heterocycles. The van der Waals surface area contributed by atoms with Gasteiger partial charge in [0.2, 0.25) is 10.0 Å². The van der Waals surface area contributed by atoms with E-state index in [2.05, 4.69) is 19.7 Å². The number of benzene rings is 2. The summed E-state index contributed by atoms with van der Waals surface area (Å²) in [5.41, 5.74) is 13.4. The van der Waals surface area contributed by atoms with E-state index in [4.69, 9.17) is 16.2 Å². The van der Waals surface area contributed by atoms with Crippen molar-refractivity contribution in [3.05, 3.63) is 60.5 Å². The molecule has 0 spiro atoms. The molecule has 202 valence electrons. The number of nitrogens with one attached hydrogen (secondary N) is 1. The SMILES string of the molecule is CCOCC.Nc1ccc(-c2nc(N)c3cc(-c4cccc(NS(=O)(=O)CCCF)c4F)ccc3n2)cn1. The number of hydrogen-bond acceptors (Lipinski definition) is 8. The molecule has 0 aliphatic rings. The van der Waals surface area contributed by atoms with Crippen molar-refractivity contribution in [2.24, 2.45) is 0 Å². The Labute approximate surface area is 220 Å². The molecular weight excluding hydrogens is 514 g/mol. The summed E-state index contributed by atoms with van der Waals surface area (Å²) in [6.07, 6.45) is 1.37. The first-order chi connectivity index (χ1) is 18.2. The molecule has 4 rings (SSSR count). The van der Waals surface area contributed by atoms with Gasteiger partial charge in [-0.2, -0.15) is 0 Å². The lowest BCUT2D eigenvalue weighted by molar-refractivity contribution is 0.162. The fraction of sp³-hybridized carbons (Fsp3) is 0.269. The number of rotatable bonds is 9. The van der Waals surface area contributed by atoms with Crippen molar-refractivity contribution < 1.29 is 21.9 Å². The van der Waals surface area contributed by atoms with E-state index < -0.39 is 28.3 Å². The van der Waals surface area contributed by atoms with Crippen LogP contribution in [0.4, 0.5) is 26.1 Å².